The maximum absolute atomic E-state index is 12.6. The molecule has 56 valence electrons. The molecule has 0 bridgehead atoms. The average molecular weight is 145 g/mol. The molecule has 1 saturated heterocycles. The third-order valence-electron chi connectivity index (χ3n) is 1.59. The molecule has 0 saturated carbocycles. The van der Waals surface area contributed by atoms with E-state index in [9.17, 15) is 4.39 Å². The highest BCUT2D eigenvalue weighted by Crippen LogP contribution is 2.20. The molecule has 1 heterocycles. The fourth-order valence-corrected chi connectivity index (χ4v) is 0.952. The van der Waals surface area contributed by atoms with Crippen LogP contribution in [0.15, 0.2) is 0 Å². The van der Waals surface area contributed by atoms with Crippen molar-refractivity contribution in [2.24, 2.45) is 5.73 Å². The van der Waals surface area contributed by atoms with Gasteiger partial charge in [-0.05, 0) is 0 Å². The zero-order valence-electron chi connectivity index (χ0n) is 5.40. The quantitative estimate of drug-likeness (QED) is 0.443. The Balaban J connectivity index is 2.53. The summed E-state index contributed by atoms with van der Waals surface area (Å²) in [6.07, 6.45) is -3.32. The first-order valence-electron chi connectivity index (χ1n) is 3.10. The average Bonchev–Trinajstić information content (AvgIpc) is 2.17. The Bertz CT molecular complexity index is 126. The summed E-state index contributed by atoms with van der Waals surface area (Å²) in [5, 5.41) is 8.97. The highest BCUT2D eigenvalue weighted by molar-refractivity contribution is 6.11. The Morgan fingerprint density at radius 2 is 2.30 bits per heavy atom. The van der Waals surface area contributed by atoms with Crippen molar-refractivity contribution in [3.8, 4) is 0 Å². The Morgan fingerprint density at radius 3 is 2.50 bits per heavy atom. The maximum atomic E-state index is 12.6. The molecule has 1 aliphatic rings. The molecule has 4 atom stereocenters. The number of halogens is 1. The van der Waals surface area contributed by atoms with Crippen LogP contribution in [0, 0.1) is 0 Å². The van der Waals surface area contributed by atoms with E-state index in [0.717, 1.165) is 0 Å². The number of ether oxygens (including phenoxy) is 1. The number of aliphatic hydroxyl groups excluding tert-OH is 1. The molecule has 0 aliphatic carbocycles. The van der Waals surface area contributed by atoms with E-state index in [4.69, 9.17) is 23.4 Å². The number of alkyl halides is 1. The molecule has 3 N–H and O–H groups in total. The van der Waals surface area contributed by atoms with Crippen LogP contribution in [-0.2, 0) is 4.74 Å². The minimum absolute atomic E-state index is 0.0925. The summed E-state index contributed by atoms with van der Waals surface area (Å²) in [6.45, 7) is 0.0925. The van der Waals surface area contributed by atoms with Crippen molar-refractivity contribution in [1.29, 1.82) is 0 Å². The lowest BCUT2D eigenvalue weighted by Gasteiger charge is -2.09. The number of nitrogens with two attached hydrogens (primary N) is 1. The van der Waals surface area contributed by atoms with Crippen LogP contribution in [0.5, 0.6) is 0 Å². The van der Waals surface area contributed by atoms with Gasteiger partial charge in [-0.3, -0.25) is 0 Å². The van der Waals surface area contributed by atoms with E-state index < -0.39 is 24.4 Å². The second kappa shape index (κ2) is 2.86. The van der Waals surface area contributed by atoms with Crippen molar-refractivity contribution in [2.75, 3.05) is 6.54 Å². The van der Waals surface area contributed by atoms with Crippen LogP contribution in [0.25, 0.3) is 0 Å². The first-order valence-corrected chi connectivity index (χ1v) is 3.10. The molecule has 1 fully saturated rings. The standard InChI is InChI=1S/C5H9BFNO2/c6-5-3(7)4(9)2(1-8)10-5/h2-5,9H,1,8H2/t2-,3?,4?,5-/m1/s1. The van der Waals surface area contributed by atoms with Gasteiger partial charge in [-0.2, -0.15) is 0 Å². The summed E-state index contributed by atoms with van der Waals surface area (Å²) < 4.78 is 17.4. The van der Waals surface area contributed by atoms with Gasteiger partial charge in [-0.25, -0.2) is 4.39 Å². The van der Waals surface area contributed by atoms with Gasteiger partial charge in [0.2, 0.25) is 0 Å². The van der Waals surface area contributed by atoms with E-state index in [1.807, 2.05) is 0 Å². The molecule has 1 rings (SSSR count). The van der Waals surface area contributed by atoms with Gasteiger partial charge < -0.3 is 15.6 Å². The van der Waals surface area contributed by atoms with Gasteiger partial charge in [0.15, 0.2) is 0 Å². The second-order valence-corrected chi connectivity index (χ2v) is 2.31. The van der Waals surface area contributed by atoms with E-state index in [1.165, 1.54) is 0 Å². The molecular formula is C5H9BFNO2. The van der Waals surface area contributed by atoms with E-state index >= 15 is 0 Å². The summed E-state index contributed by atoms with van der Waals surface area (Å²) in [6, 6.07) is -1.02. The fourth-order valence-electron chi connectivity index (χ4n) is 0.952. The maximum Gasteiger partial charge on any atom is 0.146 e. The van der Waals surface area contributed by atoms with E-state index in [1.54, 1.807) is 0 Å². The van der Waals surface area contributed by atoms with Crippen LogP contribution in [0.1, 0.15) is 0 Å². The highest BCUT2D eigenvalue weighted by atomic mass is 19.1. The predicted molar refractivity (Wildman–Crippen MR) is 34.4 cm³/mol. The Kier molecular flexibility index (Phi) is 2.28. The van der Waals surface area contributed by atoms with Crippen LogP contribution >= 0.6 is 0 Å². The highest BCUT2D eigenvalue weighted by Gasteiger charge is 2.40. The largest absolute Gasteiger partial charge is 0.387 e. The van der Waals surface area contributed by atoms with Gasteiger partial charge in [-0.1, -0.05) is 0 Å². The zero-order chi connectivity index (χ0) is 7.72. The molecule has 2 unspecified atom stereocenters. The fraction of sp³-hybridized carbons (Fsp3) is 1.00. The molecular weight excluding hydrogens is 136 g/mol. The topological polar surface area (TPSA) is 55.5 Å². The van der Waals surface area contributed by atoms with Gasteiger partial charge in [0.1, 0.15) is 20.1 Å². The van der Waals surface area contributed by atoms with Gasteiger partial charge in [-0.15, -0.1) is 0 Å². The van der Waals surface area contributed by atoms with Crippen LogP contribution in [0.3, 0.4) is 0 Å². The van der Waals surface area contributed by atoms with Crippen molar-refractivity contribution in [3.63, 3.8) is 0 Å². The smallest absolute Gasteiger partial charge is 0.146 e. The molecule has 0 amide bonds. The molecule has 10 heavy (non-hydrogen) atoms. The molecule has 0 aromatic carbocycles. The summed E-state index contributed by atoms with van der Waals surface area (Å²) in [5.41, 5.74) is 5.14. The summed E-state index contributed by atoms with van der Waals surface area (Å²) >= 11 is 0. The van der Waals surface area contributed by atoms with Crippen LogP contribution < -0.4 is 5.73 Å². The van der Waals surface area contributed by atoms with Gasteiger partial charge >= 0.3 is 0 Å². The van der Waals surface area contributed by atoms with Gasteiger partial charge in [0, 0.05) is 6.54 Å². The van der Waals surface area contributed by atoms with Crippen molar-refractivity contribution in [2.45, 2.75) is 24.4 Å². The summed E-state index contributed by atoms with van der Waals surface area (Å²) in [7, 11) is 5.12. The van der Waals surface area contributed by atoms with Crippen molar-refractivity contribution >= 4 is 7.85 Å². The van der Waals surface area contributed by atoms with E-state index in [2.05, 4.69) is 0 Å². The first kappa shape index (κ1) is 7.98. The van der Waals surface area contributed by atoms with E-state index in [-0.39, 0.29) is 6.54 Å². The van der Waals surface area contributed by atoms with Gasteiger partial charge in [0.25, 0.3) is 0 Å². The minimum atomic E-state index is -1.51. The van der Waals surface area contributed by atoms with Gasteiger partial charge in [0.05, 0.1) is 12.1 Å². The van der Waals surface area contributed by atoms with Crippen molar-refractivity contribution in [3.05, 3.63) is 0 Å². The second-order valence-electron chi connectivity index (χ2n) is 2.31. The number of rotatable bonds is 1. The summed E-state index contributed by atoms with van der Waals surface area (Å²) in [5.74, 6) is 0. The lowest BCUT2D eigenvalue weighted by molar-refractivity contribution is 0.0365. The lowest BCUT2D eigenvalue weighted by Crippen LogP contribution is -2.33. The summed E-state index contributed by atoms with van der Waals surface area (Å²) in [4.78, 5) is 0. The first-order chi connectivity index (χ1) is 4.66. The van der Waals surface area contributed by atoms with Crippen LogP contribution in [0.4, 0.5) is 4.39 Å². The van der Waals surface area contributed by atoms with Crippen LogP contribution in [-0.4, -0.2) is 43.9 Å². The number of aliphatic hydroxyl groups is 1. The predicted octanol–water partition coefficient (Wildman–Crippen LogP) is -1.46. The Hall–Kier alpha value is -0.125. The molecule has 1 aliphatic heterocycles. The van der Waals surface area contributed by atoms with Crippen LogP contribution in [0.2, 0.25) is 0 Å². The SMILES string of the molecule is [B][C@@H]1O[C@H](CN)C(O)C1F. The molecule has 0 spiro atoms. The molecule has 3 nitrogen and oxygen atoms in total. The third kappa shape index (κ3) is 1.16. The monoisotopic (exact) mass is 145 g/mol. The number of hydrogen-bond donors (Lipinski definition) is 2. The molecule has 0 aromatic rings. The Labute approximate surface area is 59.8 Å². The molecule has 0 aromatic heterocycles. The lowest BCUT2D eigenvalue weighted by atomic mass is 9.94. The number of hydrogen-bond acceptors (Lipinski definition) is 3. The van der Waals surface area contributed by atoms with Crippen molar-refractivity contribution in [1.82, 2.24) is 0 Å². The zero-order valence-corrected chi connectivity index (χ0v) is 5.40. The molecule has 2 radical (unpaired) electrons. The minimum Gasteiger partial charge on any atom is -0.387 e. The Morgan fingerprint density at radius 1 is 1.70 bits per heavy atom. The molecule has 5 heteroatoms. The van der Waals surface area contributed by atoms with Crippen molar-refractivity contribution < 1.29 is 14.2 Å². The van der Waals surface area contributed by atoms with E-state index in [0.29, 0.717) is 0 Å². The normalized spacial score (nSPS) is 47.9. The third-order valence-corrected chi connectivity index (χ3v) is 1.59.